The van der Waals surface area contributed by atoms with Gasteiger partial charge in [0.1, 0.15) is 11.9 Å². The SMILES string of the molecule is CC(=O)NCCC(O)C(O)c1ccc(O)cc1C. The first-order chi connectivity index (χ1) is 8.41. The third-order valence-corrected chi connectivity index (χ3v) is 2.75. The van der Waals surface area contributed by atoms with Crippen molar-refractivity contribution in [2.45, 2.75) is 32.5 Å². The van der Waals surface area contributed by atoms with Crippen molar-refractivity contribution in [1.82, 2.24) is 5.32 Å². The highest BCUT2D eigenvalue weighted by atomic mass is 16.3. The van der Waals surface area contributed by atoms with Crippen LogP contribution in [0.15, 0.2) is 18.2 Å². The molecule has 18 heavy (non-hydrogen) atoms. The summed E-state index contributed by atoms with van der Waals surface area (Å²) in [7, 11) is 0. The van der Waals surface area contributed by atoms with Crippen molar-refractivity contribution in [2.24, 2.45) is 0 Å². The van der Waals surface area contributed by atoms with E-state index in [1.54, 1.807) is 13.0 Å². The fourth-order valence-electron chi connectivity index (χ4n) is 1.75. The van der Waals surface area contributed by atoms with E-state index in [9.17, 15) is 20.1 Å². The van der Waals surface area contributed by atoms with Gasteiger partial charge in [0.25, 0.3) is 0 Å². The summed E-state index contributed by atoms with van der Waals surface area (Å²) in [6.07, 6.45) is -1.72. The number of benzene rings is 1. The fourth-order valence-corrected chi connectivity index (χ4v) is 1.75. The minimum absolute atomic E-state index is 0.121. The van der Waals surface area contributed by atoms with Crippen LogP contribution in [0.2, 0.25) is 0 Å². The molecule has 0 radical (unpaired) electrons. The molecule has 1 rings (SSSR count). The Balaban J connectivity index is 2.62. The van der Waals surface area contributed by atoms with Crippen molar-refractivity contribution in [3.8, 4) is 5.75 Å². The molecule has 5 nitrogen and oxygen atoms in total. The number of aliphatic hydroxyl groups excluding tert-OH is 2. The number of hydrogen-bond acceptors (Lipinski definition) is 4. The van der Waals surface area contributed by atoms with E-state index in [0.717, 1.165) is 0 Å². The van der Waals surface area contributed by atoms with Crippen LogP contribution in [0.25, 0.3) is 0 Å². The molecule has 0 aliphatic carbocycles. The zero-order valence-electron chi connectivity index (χ0n) is 10.6. The summed E-state index contributed by atoms with van der Waals surface area (Å²) in [4.78, 5) is 10.7. The van der Waals surface area contributed by atoms with E-state index < -0.39 is 12.2 Å². The minimum atomic E-state index is -1.03. The molecule has 0 aliphatic rings. The lowest BCUT2D eigenvalue weighted by molar-refractivity contribution is -0.119. The third kappa shape index (κ3) is 4.01. The Bertz CT molecular complexity index is 419. The second-order valence-electron chi connectivity index (χ2n) is 4.32. The molecule has 0 bridgehead atoms. The molecule has 2 unspecified atom stereocenters. The number of phenolic OH excluding ortho intramolecular Hbond substituents is 1. The molecule has 1 amide bonds. The summed E-state index contributed by atoms with van der Waals surface area (Å²) in [5.74, 6) is -0.0475. The van der Waals surface area contributed by atoms with Crippen molar-refractivity contribution in [2.75, 3.05) is 6.54 Å². The van der Waals surface area contributed by atoms with Crippen LogP contribution in [0, 0.1) is 6.92 Å². The van der Waals surface area contributed by atoms with Crippen LogP contribution >= 0.6 is 0 Å². The zero-order chi connectivity index (χ0) is 13.7. The summed E-state index contributed by atoms with van der Waals surface area (Å²) in [6, 6.07) is 4.57. The number of carbonyl (C=O) groups excluding carboxylic acids is 1. The van der Waals surface area contributed by atoms with Crippen molar-refractivity contribution >= 4 is 5.91 Å². The molecular formula is C13H19NO4. The number of rotatable bonds is 5. The van der Waals surface area contributed by atoms with E-state index in [4.69, 9.17) is 0 Å². The monoisotopic (exact) mass is 253 g/mol. The first-order valence-electron chi connectivity index (χ1n) is 5.82. The molecule has 0 saturated heterocycles. The van der Waals surface area contributed by atoms with Gasteiger partial charge in [-0.3, -0.25) is 4.79 Å². The lowest BCUT2D eigenvalue weighted by Gasteiger charge is -2.20. The zero-order valence-corrected chi connectivity index (χ0v) is 10.6. The lowest BCUT2D eigenvalue weighted by Crippen LogP contribution is -2.27. The maximum atomic E-state index is 10.7. The first kappa shape index (κ1) is 14.5. The molecule has 0 spiro atoms. The van der Waals surface area contributed by atoms with Crippen LogP contribution in [0.4, 0.5) is 0 Å². The number of nitrogens with one attached hydrogen (secondary N) is 1. The van der Waals surface area contributed by atoms with E-state index in [-0.39, 0.29) is 18.1 Å². The van der Waals surface area contributed by atoms with Gasteiger partial charge in [0.15, 0.2) is 0 Å². The van der Waals surface area contributed by atoms with Gasteiger partial charge < -0.3 is 20.6 Å². The largest absolute Gasteiger partial charge is 0.508 e. The van der Waals surface area contributed by atoms with Gasteiger partial charge in [-0.2, -0.15) is 0 Å². The minimum Gasteiger partial charge on any atom is -0.508 e. The Morgan fingerprint density at radius 3 is 2.61 bits per heavy atom. The molecule has 0 heterocycles. The van der Waals surface area contributed by atoms with Gasteiger partial charge in [-0.15, -0.1) is 0 Å². The van der Waals surface area contributed by atoms with E-state index >= 15 is 0 Å². The van der Waals surface area contributed by atoms with E-state index in [1.807, 2.05) is 0 Å². The molecule has 4 N–H and O–H groups in total. The highest BCUT2D eigenvalue weighted by Crippen LogP contribution is 2.25. The summed E-state index contributed by atoms with van der Waals surface area (Å²) in [5, 5.41) is 31.6. The van der Waals surface area contributed by atoms with Gasteiger partial charge in [0.05, 0.1) is 6.10 Å². The third-order valence-electron chi connectivity index (χ3n) is 2.75. The Kier molecular flexibility index (Phi) is 5.12. The van der Waals surface area contributed by atoms with Gasteiger partial charge in [-0.1, -0.05) is 6.07 Å². The molecule has 2 atom stereocenters. The topological polar surface area (TPSA) is 89.8 Å². The number of hydrogen-bond donors (Lipinski definition) is 4. The van der Waals surface area contributed by atoms with Crippen molar-refractivity contribution < 1.29 is 20.1 Å². The summed E-state index contributed by atoms with van der Waals surface area (Å²) in [5.41, 5.74) is 1.28. The van der Waals surface area contributed by atoms with E-state index in [0.29, 0.717) is 17.7 Å². The van der Waals surface area contributed by atoms with E-state index in [2.05, 4.69) is 5.32 Å². The quantitative estimate of drug-likeness (QED) is 0.619. The lowest BCUT2D eigenvalue weighted by atomic mass is 9.97. The van der Waals surface area contributed by atoms with Crippen LogP contribution in [0.3, 0.4) is 0 Å². The molecule has 1 aromatic carbocycles. The Hall–Kier alpha value is -1.59. The maximum absolute atomic E-state index is 10.7. The Morgan fingerprint density at radius 2 is 2.06 bits per heavy atom. The number of aliphatic hydroxyl groups is 2. The predicted molar refractivity (Wildman–Crippen MR) is 67.1 cm³/mol. The fraction of sp³-hybridized carbons (Fsp3) is 0.462. The summed E-state index contributed by atoms with van der Waals surface area (Å²) < 4.78 is 0. The van der Waals surface area contributed by atoms with Crippen molar-refractivity contribution in [3.63, 3.8) is 0 Å². The second kappa shape index (κ2) is 6.37. The number of amides is 1. The smallest absolute Gasteiger partial charge is 0.216 e. The standard InChI is InChI=1S/C13H19NO4/c1-8-7-10(16)3-4-11(8)13(18)12(17)5-6-14-9(2)15/h3-4,7,12-13,16-18H,5-6H2,1-2H3,(H,14,15). The van der Waals surface area contributed by atoms with Crippen molar-refractivity contribution in [3.05, 3.63) is 29.3 Å². The van der Waals surface area contributed by atoms with Crippen molar-refractivity contribution in [1.29, 1.82) is 0 Å². The van der Waals surface area contributed by atoms with Gasteiger partial charge in [-0.05, 0) is 36.6 Å². The van der Waals surface area contributed by atoms with Crippen LogP contribution < -0.4 is 5.32 Å². The maximum Gasteiger partial charge on any atom is 0.216 e. The molecule has 0 fully saturated rings. The predicted octanol–water partition coefficient (Wildman–Crippen LogP) is 0.621. The number of aromatic hydroxyl groups is 1. The first-order valence-corrected chi connectivity index (χ1v) is 5.82. The summed E-state index contributed by atoms with van der Waals surface area (Å²) in [6.45, 7) is 3.45. The Labute approximate surface area is 106 Å². The van der Waals surface area contributed by atoms with E-state index in [1.165, 1.54) is 19.1 Å². The van der Waals surface area contributed by atoms with Gasteiger partial charge in [0.2, 0.25) is 5.91 Å². The molecular weight excluding hydrogens is 234 g/mol. The van der Waals surface area contributed by atoms with Crippen LogP contribution in [-0.2, 0) is 4.79 Å². The van der Waals surface area contributed by atoms with Gasteiger partial charge in [-0.25, -0.2) is 0 Å². The number of carbonyl (C=O) groups is 1. The molecule has 0 aromatic heterocycles. The highest BCUT2D eigenvalue weighted by Gasteiger charge is 2.19. The normalized spacial score (nSPS) is 14.0. The van der Waals surface area contributed by atoms with Crippen LogP contribution in [0.1, 0.15) is 30.6 Å². The molecule has 0 saturated carbocycles. The molecule has 1 aromatic rings. The average molecular weight is 253 g/mol. The number of aryl methyl sites for hydroxylation is 1. The highest BCUT2D eigenvalue weighted by molar-refractivity contribution is 5.72. The summed E-state index contributed by atoms with van der Waals surface area (Å²) >= 11 is 0. The van der Waals surface area contributed by atoms with Gasteiger partial charge in [0, 0.05) is 13.5 Å². The molecule has 5 heteroatoms. The van der Waals surface area contributed by atoms with Gasteiger partial charge >= 0.3 is 0 Å². The second-order valence-corrected chi connectivity index (χ2v) is 4.32. The number of phenols is 1. The molecule has 100 valence electrons. The molecule has 0 aliphatic heterocycles. The Morgan fingerprint density at radius 1 is 1.39 bits per heavy atom. The van der Waals surface area contributed by atoms with Crippen LogP contribution in [0.5, 0.6) is 5.75 Å². The average Bonchev–Trinajstić information content (AvgIpc) is 2.27. The van der Waals surface area contributed by atoms with Crippen LogP contribution in [-0.4, -0.2) is 33.9 Å².